The average molecular weight is 366 g/mol. The number of rotatable bonds is 5. The molecule has 0 radical (unpaired) electrons. The van der Waals surface area contributed by atoms with Gasteiger partial charge in [-0.05, 0) is 35.9 Å². The normalized spacial score (nSPS) is 11.0. The predicted octanol–water partition coefficient (Wildman–Crippen LogP) is 3.16. The Kier molecular flexibility index (Phi) is 4.41. The molecule has 1 amide bonds. The maximum absolute atomic E-state index is 12.3. The van der Waals surface area contributed by atoms with Crippen LogP contribution in [-0.4, -0.2) is 25.1 Å². The lowest BCUT2D eigenvalue weighted by Gasteiger charge is -2.05. The minimum Gasteiger partial charge on any atom is -0.346 e. The second-order valence-electron chi connectivity index (χ2n) is 5.93. The van der Waals surface area contributed by atoms with Gasteiger partial charge < -0.3 is 9.72 Å². The van der Waals surface area contributed by atoms with Crippen molar-refractivity contribution < 1.29 is 4.79 Å². The zero-order valence-corrected chi connectivity index (χ0v) is 14.6. The van der Waals surface area contributed by atoms with E-state index in [0.717, 1.165) is 16.9 Å². The van der Waals surface area contributed by atoms with Crippen LogP contribution in [0.5, 0.6) is 0 Å². The molecule has 3 heterocycles. The number of hydrogen-bond acceptors (Lipinski definition) is 3. The number of carbonyl (C=O) groups is 1. The summed E-state index contributed by atoms with van der Waals surface area (Å²) in [7, 11) is 0. The van der Waals surface area contributed by atoms with Crippen LogP contribution < -0.4 is 5.32 Å². The molecule has 130 valence electrons. The van der Waals surface area contributed by atoms with E-state index < -0.39 is 0 Å². The van der Waals surface area contributed by atoms with E-state index in [9.17, 15) is 4.79 Å². The first-order valence-electron chi connectivity index (χ1n) is 8.15. The zero-order chi connectivity index (χ0) is 17.9. The summed E-state index contributed by atoms with van der Waals surface area (Å²) in [5.41, 5.74) is 3.26. The summed E-state index contributed by atoms with van der Waals surface area (Å²) in [4.78, 5) is 16.8. The number of fused-ring (bicyclic) bond motifs is 1. The smallest absolute Gasteiger partial charge is 0.251 e. The molecule has 0 spiro atoms. The number of carbonyl (C=O) groups excluding carboxylic acids is 1. The Morgan fingerprint density at radius 2 is 1.96 bits per heavy atom. The molecular weight excluding hydrogens is 350 g/mol. The fourth-order valence-electron chi connectivity index (χ4n) is 2.72. The molecule has 7 heteroatoms. The van der Waals surface area contributed by atoms with Crippen LogP contribution in [0.1, 0.15) is 21.6 Å². The number of nitrogens with one attached hydrogen (secondary N) is 1. The summed E-state index contributed by atoms with van der Waals surface area (Å²) in [6.07, 6.45) is 7.29. The Hall–Kier alpha value is -3.12. The largest absolute Gasteiger partial charge is 0.346 e. The number of nitrogens with zero attached hydrogens (tertiary/aromatic N) is 4. The van der Waals surface area contributed by atoms with Crippen LogP contribution in [0.3, 0.4) is 0 Å². The second kappa shape index (κ2) is 7.01. The van der Waals surface area contributed by atoms with Gasteiger partial charge in [-0.15, -0.1) is 0 Å². The third kappa shape index (κ3) is 3.60. The van der Waals surface area contributed by atoms with Gasteiger partial charge in [0.05, 0.1) is 23.8 Å². The van der Waals surface area contributed by atoms with Gasteiger partial charge in [0.25, 0.3) is 5.91 Å². The second-order valence-corrected chi connectivity index (χ2v) is 6.36. The monoisotopic (exact) mass is 365 g/mol. The fourth-order valence-corrected chi connectivity index (χ4v) is 2.89. The number of halogens is 1. The molecular formula is C19H16ClN5O. The molecule has 4 rings (SSSR count). The van der Waals surface area contributed by atoms with Crippen molar-refractivity contribution in [2.45, 2.75) is 13.1 Å². The van der Waals surface area contributed by atoms with Crippen molar-refractivity contribution in [3.63, 3.8) is 0 Å². The highest BCUT2D eigenvalue weighted by Gasteiger charge is 2.08. The van der Waals surface area contributed by atoms with Gasteiger partial charge in [-0.25, -0.2) is 4.98 Å². The van der Waals surface area contributed by atoms with Crippen LogP contribution in [0.4, 0.5) is 0 Å². The Morgan fingerprint density at radius 3 is 2.73 bits per heavy atom. The summed E-state index contributed by atoms with van der Waals surface area (Å²) in [5.74, 6) is -0.134. The first-order chi connectivity index (χ1) is 12.7. The third-order valence-corrected chi connectivity index (χ3v) is 4.24. The van der Waals surface area contributed by atoms with Gasteiger partial charge in [0.1, 0.15) is 5.65 Å². The Labute approximate surface area is 155 Å². The number of imidazole rings is 1. The summed E-state index contributed by atoms with van der Waals surface area (Å²) in [5, 5.41) is 7.71. The van der Waals surface area contributed by atoms with E-state index in [0.29, 0.717) is 23.7 Å². The van der Waals surface area contributed by atoms with Crippen LogP contribution >= 0.6 is 11.6 Å². The van der Waals surface area contributed by atoms with E-state index in [-0.39, 0.29) is 5.91 Å². The lowest BCUT2D eigenvalue weighted by molar-refractivity contribution is 0.0950. The Bertz CT molecular complexity index is 1040. The maximum Gasteiger partial charge on any atom is 0.251 e. The minimum absolute atomic E-state index is 0.134. The van der Waals surface area contributed by atoms with Gasteiger partial charge in [0.2, 0.25) is 0 Å². The molecule has 0 saturated carbocycles. The van der Waals surface area contributed by atoms with E-state index >= 15 is 0 Å². The SMILES string of the molecule is O=C(NCc1cn2cc(Cl)ccc2n1)c1ccc(Cn2cccn2)cc1. The number of pyridine rings is 1. The van der Waals surface area contributed by atoms with Gasteiger partial charge >= 0.3 is 0 Å². The van der Waals surface area contributed by atoms with Crippen molar-refractivity contribution in [2.75, 3.05) is 0 Å². The predicted molar refractivity (Wildman–Crippen MR) is 99.1 cm³/mol. The first-order valence-corrected chi connectivity index (χ1v) is 8.53. The van der Waals surface area contributed by atoms with E-state index in [4.69, 9.17) is 11.6 Å². The molecule has 6 nitrogen and oxygen atoms in total. The van der Waals surface area contributed by atoms with Crippen molar-refractivity contribution in [1.29, 1.82) is 0 Å². The molecule has 26 heavy (non-hydrogen) atoms. The van der Waals surface area contributed by atoms with E-state index in [1.165, 1.54) is 0 Å². The van der Waals surface area contributed by atoms with Gasteiger partial charge in [-0.2, -0.15) is 5.10 Å². The van der Waals surface area contributed by atoms with Gasteiger partial charge in [0.15, 0.2) is 0 Å². The molecule has 0 aliphatic rings. The van der Waals surface area contributed by atoms with Crippen molar-refractivity contribution in [3.05, 3.63) is 89.1 Å². The number of amides is 1. The molecule has 0 unspecified atom stereocenters. The fraction of sp³-hybridized carbons (Fsp3) is 0.105. The molecule has 0 aliphatic heterocycles. The number of aromatic nitrogens is 4. The molecule has 0 bridgehead atoms. The summed E-state index contributed by atoms with van der Waals surface area (Å²) in [6, 6.07) is 13.0. The van der Waals surface area contributed by atoms with E-state index in [2.05, 4.69) is 15.4 Å². The standard InChI is InChI=1S/C19H16ClN5O/c20-16-6-7-18-23-17(13-24(18)12-16)10-21-19(26)15-4-2-14(3-5-15)11-25-9-1-8-22-25/h1-9,12-13H,10-11H2,(H,21,26). The first kappa shape index (κ1) is 16.4. The van der Waals surface area contributed by atoms with Crippen molar-refractivity contribution in [2.24, 2.45) is 0 Å². The molecule has 1 aromatic carbocycles. The Balaban J connectivity index is 1.39. The summed E-state index contributed by atoms with van der Waals surface area (Å²) in [6.45, 7) is 1.03. The summed E-state index contributed by atoms with van der Waals surface area (Å²) >= 11 is 5.97. The lowest BCUT2D eigenvalue weighted by Crippen LogP contribution is -2.22. The van der Waals surface area contributed by atoms with Crippen LogP contribution in [0.25, 0.3) is 5.65 Å². The topological polar surface area (TPSA) is 64.2 Å². The third-order valence-electron chi connectivity index (χ3n) is 4.01. The van der Waals surface area contributed by atoms with E-state index in [1.807, 2.05) is 57.9 Å². The molecule has 0 fully saturated rings. The average Bonchev–Trinajstić information content (AvgIpc) is 3.29. The molecule has 4 aromatic rings. The minimum atomic E-state index is -0.134. The highest BCUT2D eigenvalue weighted by atomic mass is 35.5. The van der Waals surface area contributed by atoms with Crippen LogP contribution in [0, 0.1) is 0 Å². The number of hydrogen-bond donors (Lipinski definition) is 1. The maximum atomic E-state index is 12.3. The summed E-state index contributed by atoms with van der Waals surface area (Å²) < 4.78 is 3.68. The van der Waals surface area contributed by atoms with Crippen molar-refractivity contribution in [3.8, 4) is 0 Å². The molecule has 0 atom stereocenters. The number of benzene rings is 1. The van der Waals surface area contributed by atoms with Crippen LogP contribution in [0.15, 0.2) is 67.3 Å². The van der Waals surface area contributed by atoms with Crippen LogP contribution in [-0.2, 0) is 13.1 Å². The quantitative estimate of drug-likeness (QED) is 0.591. The van der Waals surface area contributed by atoms with Crippen molar-refractivity contribution in [1.82, 2.24) is 24.5 Å². The highest BCUT2D eigenvalue weighted by molar-refractivity contribution is 6.30. The lowest BCUT2D eigenvalue weighted by atomic mass is 10.1. The van der Waals surface area contributed by atoms with Gasteiger partial charge in [-0.3, -0.25) is 9.48 Å². The van der Waals surface area contributed by atoms with Crippen molar-refractivity contribution >= 4 is 23.2 Å². The van der Waals surface area contributed by atoms with Gasteiger partial charge in [0, 0.05) is 30.4 Å². The zero-order valence-electron chi connectivity index (χ0n) is 13.8. The molecule has 0 saturated heterocycles. The Morgan fingerprint density at radius 1 is 1.12 bits per heavy atom. The van der Waals surface area contributed by atoms with E-state index in [1.54, 1.807) is 18.5 Å². The molecule has 1 N–H and O–H groups in total. The van der Waals surface area contributed by atoms with Gasteiger partial charge in [-0.1, -0.05) is 23.7 Å². The highest BCUT2D eigenvalue weighted by Crippen LogP contribution is 2.12. The van der Waals surface area contributed by atoms with Crippen LogP contribution in [0.2, 0.25) is 5.02 Å². The molecule has 0 aliphatic carbocycles. The molecule has 3 aromatic heterocycles.